The molecule has 0 saturated carbocycles. The van der Waals surface area contributed by atoms with E-state index in [9.17, 15) is 0 Å². The molecule has 1 fully saturated rings. The van der Waals surface area contributed by atoms with Crippen molar-refractivity contribution in [1.82, 2.24) is 10.2 Å². The molecule has 2 rings (SSSR count). The molecule has 0 radical (unpaired) electrons. The van der Waals surface area contributed by atoms with E-state index in [0.29, 0.717) is 12.0 Å². The van der Waals surface area contributed by atoms with Crippen LogP contribution in [0, 0.1) is 5.92 Å². The van der Waals surface area contributed by atoms with E-state index in [4.69, 9.17) is 4.74 Å². The van der Waals surface area contributed by atoms with Crippen LogP contribution in [0.4, 0.5) is 0 Å². The van der Waals surface area contributed by atoms with Crippen molar-refractivity contribution in [2.45, 2.75) is 25.9 Å². The lowest BCUT2D eigenvalue weighted by atomic mass is 9.95. The highest BCUT2D eigenvalue weighted by Crippen LogP contribution is 2.18. The molecule has 1 aromatic heterocycles. The first-order valence-corrected chi connectivity index (χ1v) is 7.69. The van der Waals surface area contributed by atoms with Gasteiger partial charge in [-0.1, -0.05) is 13.0 Å². The van der Waals surface area contributed by atoms with E-state index < -0.39 is 0 Å². The monoisotopic (exact) mass is 268 g/mol. The lowest BCUT2D eigenvalue weighted by Gasteiger charge is -2.34. The average Bonchev–Trinajstić information content (AvgIpc) is 2.84. The second-order valence-corrected chi connectivity index (χ2v) is 6.10. The standard InChI is InChI=1S/C14H24N2OS/c1-3-15-14-6-7-17-11-12(14)9-16(2)10-13-5-4-8-18-13/h4-5,8,12,14-15H,3,6-7,9-11H2,1-2H3. The Hall–Kier alpha value is -0.420. The number of hydrogen-bond donors (Lipinski definition) is 1. The third kappa shape index (κ3) is 4.05. The molecule has 102 valence electrons. The molecule has 1 aromatic rings. The zero-order valence-corrected chi connectivity index (χ0v) is 12.2. The fraction of sp³-hybridized carbons (Fsp3) is 0.714. The first kappa shape index (κ1) is 14.0. The van der Waals surface area contributed by atoms with E-state index in [2.05, 4.69) is 41.7 Å². The molecule has 1 saturated heterocycles. The van der Waals surface area contributed by atoms with Gasteiger partial charge in [0.25, 0.3) is 0 Å². The number of rotatable bonds is 6. The highest BCUT2D eigenvalue weighted by atomic mass is 32.1. The van der Waals surface area contributed by atoms with E-state index in [1.54, 1.807) is 0 Å². The van der Waals surface area contributed by atoms with E-state index in [-0.39, 0.29) is 0 Å². The molecule has 0 amide bonds. The zero-order chi connectivity index (χ0) is 12.8. The summed E-state index contributed by atoms with van der Waals surface area (Å²) in [6.45, 7) is 7.19. The molecular formula is C14H24N2OS. The molecule has 0 bridgehead atoms. The van der Waals surface area contributed by atoms with Crippen LogP contribution in [0.15, 0.2) is 17.5 Å². The quantitative estimate of drug-likeness (QED) is 0.856. The van der Waals surface area contributed by atoms with Crippen molar-refractivity contribution < 1.29 is 4.74 Å². The average molecular weight is 268 g/mol. The Morgan fingerprint density at radius 3 is 3.17 bits per heavy atom. The van der Waals surface area contributed by atoms with Crippen LogP contribution in [0.2, 0.25) is 0 Å². The molecule has 1 N–H and O–H groups in total. The largest absolute Gasteiger partial charge is 0.381 e. The van der Waals surface area contributed by atoms with E-state index in [1.165, 1.54) is 4.88 Å². The summed E-state index contributed by atoms with van der Waals surface area (Å²) in [4.78, 5) is 3.85. The predicted molar refractivity (Wildman–Crippen MR) is 77.0 cm³/mol. The van der Waals surface area contributed by atoms with Gasteiger partial charge in [-0.15, -0.1) is 11.3 Å². The summed E-state index contributed by atoms with van der Waals surface area (Å²) in [7, 11) is 2.21. The Bertz CT molecular complexity index is 327. The summed E-state index contributed by atoms with van der Waals surface area (Å²) in [6.07, 6.45) is 1.14. The fourth-order valence-electron chi connectivity index (χ4n) is 2.64. The smallest absolute Gasteiger partial charge is 0.0521 e. The van der Waals surface area contributed by atoms with E-state index in [1.807, 2.05) is 11.3 Å². The molecule has 2 atom stereocenters. The first-order valence-electron chi connectivity index (χ1n) is 6.81. The van der Waals surface area contributed by atoms with Crippen LogP contribution in [0.25, 0.3) is 0 Å². The predicted octanol–water partition coefficient (Wildman–Crippen LogP) is 2.19. The zero-order valence-electron chi connectivity index (χ0n) is 11.4. The van der Waals surface area contributed by atoms with E-state index >= 15 is 0 Å². The minimum absolute atomic E-state index is 0.615. The molecule has 1 aliphatic rings. The van der Waals surface area contributed by atoms with Crippen LogP contribution >= 0.6 is 11.3 Å². The molecule has 2 unspecified atom stereocenters. The van der Waals surface area contributed by atoms with Crippen LogP contribution in [0.3, 0.4) is 0 Å². The Labute approximate surface area is 114 Å². The van der Waals surface area contributed by atoms with Gasteiger partial charge in [0, 0.05) is 36.5 Å². The van der Waals surface area contributed by atoms with Crippen molar-refractivity contribution in [1.29, 1.82) is 0 Å². The third-order valence-electron chi connectivity index (χ3n) is 3.49. The van der Waals surface area contributed by atoms with Crippen LogP contribution in [0.5, 0.6) is 0 Å². The molecule has 0 aromatic carbocycles. The van der Waals surface area contributed by atoms with Gasteiger partial charge in [0.15, 0.2) is 0 Å². The van der Waals surface area contributed by atoms with Crippen molar-refractivity contribution >= 4 is 11.3 Å². The molecule has 0 aliphatic carbocycles. The number of ether oxygens (including phenoxy) is 1. The SMILES string of the molecule is CCNC1CCOCC1CN(C)Cc1cccs1. The van der Waals surface area contributed by atoms with Gasteiger partial charge in [0.1, 0.15) is 0 Å². The van der Waals surface area contributed by atoms with Gasteiger partial charge in [-0.25, -0.2) is 0 Å². The van der Waals surface area contributed by atoms with E-state index in [0.717, 1.165) is 39.3 Å². The second-order valence-electron chi connectivity index (χ2n) is 5.06. The molecule has 4 heteroatoms. The Kier molecular flexibility index (Phi) is 5.63. The normalized spacial score (nSPS) is 24.6. The van der Waals surface area contributed by atoms with Gasteiger partial charge in [-0.2, -0.15) is 0 Å². The fourth-order valence-corrected chi connectivity index (χ4v) is 3.43. The maximum Gasteiger partial charge on any atom is 0.0521 e. The molecule has 18 heavy (non-hydrogen) atoms. The maximum absolute atomic E-state index is 5.63. The number of nitrogens with zero attached hydrogens (tertiary/aromatic N) is 1. The molecule has 2 heterocycles. The number of nitrogens with one attached hydrogen (secondary N) is 1. The summed E-state index contributed by atoms with van der Waals surface area (Å²) in [5, 5.41) is 5.74. The molecule has 0 spiro atoms. The lowest BCUT2D eigenvalue weighted by Crippen LogP contribution is -2.47. The number of thiophene rings is 1. The molecule has 3 nitrogen and oxygen atoms in total. The molecular weight excluding hydrogens is 244 g/mol. The summed E-state index contributed by atoms with van der Waals surface area (Å²) >= 11 is 1.84. The topological polar surface area (TPSA) is 24.5 Å². The maximum atomic E-state index is 5.63. The van der Waals surface area contributed by atoms with Gasteiger partial charge in [-0.3, -0.25) is 0 Å². The third-order valence-corrected chi connectivity index (χ3v) is 4.35. The highest BCUT2D eigenvalue weighted by Gasteiger charge is 2.25. The van der Waals surface area contributed by atoms with Gasteiger partial charge < -0.3 is 15.0 Å². The summed E-state index contributed by atoms with van der Waals surface area (Å²) < 4.78 is 5.63. The van der Waals surface area contributed by atoms with Gasteiger partial charge in [0.2, 0.25) is 0 Å². The highest BCUT2D eigenvalue weighted by molar-refractivity contribution is 7.09. The Morgan fingerprint density at radius 1 is 1.56 bits per heavy atom. The van der Waals surface area contributed by atoms with Crippen molar-refractivity contribution in [3.05, 3.63) is 22.4 Å². The first-order chi connectivity index (χ1) is 8.79. The number of hydrogen-bond acceptors (Lipinski definition) is 4. The summed E-state index contributed by atoms with van der Waals surface area (Å²) in [6, 6.07) is 4.95. The van der Waals surface area contributed by atoms with Crippen LogP contribution < -0.4 is 5.32 Å². The van der Waals surface area contributed by atoms with Crippen molar-refractivity contribution in [3.63, 3.8) is 0 Å². The lowest BCUT2D eigenvalue weighted by molar-refractivity contribution is 0.0194. The Balaban J connectivity index is 1.82. The van der Waals surface area contributed by atoms with Crippen molar-refractivity contribution in [2.75, 3.05) is 33.4 Å². The second kappa shape index (κ2) is 7.24. The van der Waals surface area contributed by atoms with Gasteiger partial charge in [-0.05, 0) is 31.5 Å². The van der Waals surface area contributed by atoms with Crippen molar-refractivity contribution in [2.24, 2.45) is 5.92 Å². The summed E-state index contributed by atoms with van der Waals surface area (Å²) in [5.74, 6) is 0.615. The minimum Gasteiger partial charge on any atom is -0.381 e. The van der Waals surface area contributed by atoms with Crippen LogP contribution in [-0.4, -0.2) is 44.3 Å². The van der Waals surface area contributed by atoms with Crippen LogP contribution in [-0.2, 0) is 11.3 Å². The van der Waals surface area contributed by atoms with Crippen molar-refractivity contribution in [3.8, 4) is 0 Å². The Morgan fingerprint density at radius 2 is 2.44 bits per heavy atom. The van der Waals surface area contributed by atoms with Crippen LogP contribution in [0.1, 0.15) is 18.2 Å². The summed E-state index contributed by atoms with van der Waals surface area (Å²) in [5.41, 5.74) is 0. The van der Waals surface area contributed by atoms with Gasteiger partial charge >= 0.3 is 0 Å². The minimum atomic E-state index is 0.615. The molecule has 1 aliphatic heterocycles. The van der Waals surface area contributed by atoms with Gasteiger partial charge in [0.05, 0.1) is 6.61 Å².